The molecule has 1 amide bonds. The van der Waals surface area contributed by atoms with Crippen molar-refractivity contribution in [2.24, 2.45) is 5.73 Å². The number of amides is 1. The van der Waals surface area contributed by atoms with Crippen LogP contribution in [0.2, 0.25) is 0 Å². The van der Waals surface area contributed by atoms with Gasteiger partial charge in [-0.2, -0.15) is 0 Å². The third kappa shape index (κ3) is 3.92. The second kappa shape index (κ2) is 7.62. The third-order valence-corrected chi connectivity index (χ3v) is 4.17. The van der Waals surface area contributed by atoms with Gasteiger partial charge in [0.2, 0.25) is 5.91 Å². The molecule has 2 N–H and O–H groups in total. The summed E-state index contributed by atoms with van der Waals surface area (Å²) in [5, 5.41) is 3.93. The van der Waals surface area contributed by atoms with E-state index < -0.39 is 0 Å². The number of aromatic nitrogens is 1. The lowest BCUT2D eigenvalue weighted by Crippen LogP contribution is -2.32. The van der Waals surface area contributed by atoms with Crippen molar-refractivity contribution in [3.05, 3.63) is 53.4 Å². The molecule has 6 heteroatoms. The lowest BCUT2D eigenvalue weighted by atomic mass is 10.0. The number of nitrogens with zero attached hydrogens (tertiary/aromatic N) is 2. The van der Waals surface area contributed by atoms with Gasteiger partial charge in [-0.25, -0.2) is 0 Å². The summed E-state index contributed by atoms with van der Waals surface area (Å²) in [5.74, 6) is 0.851. The maximum atomic E-state index is 12.6. The number of carbonyl (C=O) groups excluding carboxylic acids is 1. The van der Waals surface area contributed by atoms with Crippen LogP contribution in [0.1, 0.15) is 48.4 Å². The molecule has 0 aliphatic carbocycles. The predicted molar refractivity (Wildman–Crippen MR) is 90.2 cm³/mol. The maximum Gasteiger partial charge on any atom is 0.225 e. The Bertz CT molecular complexity index is 644. The summed E-state index contributed by atoms with van der Waals surface area (Å²) in [6, 6.07) is 11.4. The Morgan fingerprint density at radius 2 is 2.17 bits per heavy atom. The van der Waals surface area contributed by atoms with Crippen LogP contribution in [-0.2, 0) is 4.79 Å². The average Bonchev–Trinajstić information content (AvgIpc) is 3.16. The number of rotatable bonds is 4. The van der Waals surface area contributed by atoms with E-state index in [0.29, 0.717) is 6.42 Å². The Morgan fingerprint density at radius 3 is 2.83 bits per heavy atom. The second-order valence-electron chi connectivity index (χ2n) is 5.84. The molecule has 5 nitrogen and oxygen atoms in total. The Morgan fingerprint density at radius 1 is 1.43 bits per heavy atom. The summed E-state index contributed by atoms with van der Waals surface area (Å²) in [6.07, 6.45) is 2.21. The molecule has 0 spiro atoms. The van der Waals surface area contributed by atoms with Crippen molar-refractivity contribution >= 4 is 18.3 Å². The van der Waals surface area contributed by atoms with Gasteiger partial charge in [-0.15, -0.1) is 12.4 Å². The molecule has 124 valence electrons. The van der Waals surface area contributed by atoms with Gasteiger partial charge in [0.15, 0.2) is 5.76 Å². The molecule has 0 radical (unpaired) electrons. The highest BCUT2D eigenvalue weighted by atomic mass is 35.5. The first kappa shape index (κ1) is 17.5. The number of likely N-dealkylation sites (tertiary alicyclic amines) is 1. The number of nitrogens with two attached hydrogens (primary N) is 1. The standard InChI is InChI=1S/C17H21N3O2.ClH/c1-12-10-16(22-19-12)15-8-5-9-20(15)17(21)11-14(18)13-6-3-2-4-7-13;/h2-4,6-7,10,14-15H,5,8-9,11,18H2,1H3;1H. The first-order valence-corrected chi connectivity index (χ1v) is 7.68. The molecule has 1 aliphatic heterocycles. The lowest BCUT2D eigenvalue weighted by molar-refractivity contribution is -0.132. The van der Waals surface area contributed by atoms with Gasteiger partial charge in [0.25, 0.3) is 0 Å². The zero-order valence-electron chi connectivity index (χ0n) is 13.1. The topological polar surface area (TPSA) is 72.4 Å². The van der Waals surface area contributed by atoms with E-state index >= 15 is 0 Å². The Kier molecular flexibility index (Phi) is 5.80. The van der Waals surface area contributed by atoms with Crippen molar-refractivity contribution in [2.75, 3.05) is 6.54 Å². The van der Waals surface area contributed by atoms with Crippen molar-refractivity contribution in [1.82, 2.24) is 10.1 Å². The van der Waals surface area contributed by atoms with E-state index in [1.807, 2.05) is 48.2 Å². The predicted octanol–water partition coefficient (Wildman–Crippen LogP) is 3.16. The molecule has 2 unspecified atom stereocenters. The Balaban J connectivity index is 0.00000192. The van der Waals surface area contributed by atoms with Crippen LogP contribution in [0.4, 0.5) is 0 Å². The molecular weight excluding hydrogens is 314 g/mol. The van der Waals surface area contributed by atoms with E-state index in [0.717, 1.165) is 36.4 Å². The molecule has 0 bridgehead atoms. The molecule has 2 atom stereocenters. The minimum absolute atomic E-state index is 0. The van der Waals surface area contributed by atoms with Crippen molar-refractivity contribution in [2.45, 2.75) is 38.3 Å². The molecule has 2 aromatic rings. The minimum Gasteiger partial charge on any atom is -0.359 e. The molecular formula is C17H22ClN3O2. The molecule has 23 heavy (non-hydrogen) atoms. The quantitative estimate of drug-likeness (QED) is 0.931. The molecule has 1 fully saturated rings. The minimum atomic E-state index is -0.272. The van der Waals surface area contributed by atoms with E-state index in [1.165, 1.54) is 0 Å². The second-order valence-corrected chi connectivity index (χ2v) is 5.84. The molecule has 1 aliphatic rings. The monoisotopic (exact) mass is 335 g/mol. The zero-order valence-corrected chi connectivity index (χ0v) is 14.0. The molecule has 1 saturated heterocycles. The summed E-state index contributed by atoms with van der Waals surface area (Å²) in [5.41, 5.74) is 8.00. The van der Waals surface area contributed by atoms with Crippen molar-refractivity contribution in [3.8, 4) is 0 Å². The summed E-state index contributed by atoms with van der Waals surface area (Å²) in [4.78, 5) is 14.5. The number of carbonyl (C=O) groups is 1. The highest BCUT2D eigenvalue weighted by Crippen LogP contribution is 2.33. The smallest absolute Gasteiger partial charge is 0.225 e. The van der Waals surface area contributed by atoms with E-state index in [-0.39, 0.29) is 30.4 Å². The van der Waals surface area contributed by atoms with E-state index in [9.17, 15) is 4.79 Å². The van der Waals surface area contributed by atoms with Crippen molar-refractivity contribution in [1.29, 1.82) is 0 Å². The van der Waals surface area contributed by atoms with Gasteiger partial charge < -0.3 is 15.2 Å². The molecule has 3 rings (SSSR count). The fraction of sp³-hybridized carbons (Fsp3) is 0.412. The normalized spacial score (nSPS) is 18.5. The SMILES string of the molecule is Cc1cc(C2CCCN2C(=O)CC(N)c2ccccc2)on1.Cl. The summed E-state index contributed by atoms with van der Waals surface area (Å²) in [6.45, 7) is 2.64. The summed E-state index contributed by atoms with van der Waals surface area (Å²) in [7, 11) is 0. The average molecular weight is 336 g/mol. The van der Waals surface area contributed by atoms with E-state index in [2.05, 4.69) is 5.16 Å². The van der Waals surface area contributed by atoms with Gasteiger partial charge in [0, 0.05) is 25.1 Å². The molecule has 1 aromatic heterocycles. The molecule has 2 heterocycles. The number of halogens is 1. The van der Waals surface area contributed by atoms with Gasteiger partial charge in [-0.3, -0.25) is 4.79 Å². The fourth-order valence-corrected chi connectivity index (χ4v) is 3.02. The van der Waals surface area contributed by atoms with Gasteiger partial charge in [-0.05, 0) is 25.3 Å². The molecule has 1 aromatic carbocycles. The fourth-order valence-electron chi connectivity index (χ4n) is 3.02. The van der Waals surface area contributed by atoms with Crippen LogP contribution in [0.5, 0.6) is 0 Å². The highest BCUT2D eigenvalue weighted by molar-refractivity contribution is 5.85. The van der Waals surface area contributed by atoms with Gasteiger partial charge >= 0.3 is 0 Å². The third-order valence-electron chi connectivity index (χ3n) is 4.17. The lowest BCUT2D eigenvalue weighted by Gasteiger charge is -2.24. The van der Waals surface area contributed by atoms with E-state index in [4.69, 9.17) is 10.3 Å². The van der Waals surface area contributed by atoms with Crippen molar-refractivity contribution in [3.63, 3.8) is 0 Å². The van der Waals surface area contributed by atoms with Crippen LogP contribution in [-0.4, -0.2) is 22.5 Å². The van der Waals surface area contributed by atoms with Crippen LogP contribution in [0.25, 0.3) is 0 Å². The number of hydrogen-bond acceptors (Lipinski definition) is 4. The van der Waals surface area contributed by atoms with Crippen LogP contribution in [0.3, 0.4) is 0 Å². The van der Waals surface area contributed by atoms with Gasteiger partial charge in [0.1, 0.15) is 0 Å². The van der Waals surface area contributed by atoms with Crippen LogP contribution in [0.15, 0.2) is 40.9 Å². The summed E-state index contributed by atoms with van der Waals surface area (Å²) >= 11 is 0. The Hall–Kier alpha value is -1.85. The largest absolute Gasteiger partial charge is 0.359 e. The highest BCUT2D eigenvalue weighted by Gasteiger charge is 2.33. The van der Waals surface area contributed by atoms with Gasteiger partial charge in [-0.1, -0.05) is 35.5 Å². The molecule has 0 saturated carbocycles. The van der Waals surface area contributed by atoms with Crippen LogP contribution >= 0.6 is 12.4 Å². The van der Waals surface area contributed by atoms with Crippen molar-refractivity contribution < 1.29 is 9.32 Å². The summed E-state index contributed by atoms with van der Waals surface area (Å²) < 4.78 is 5.34. The maximum absolute atomic E-state index is 12.6. The van der Waals surface area contributed by atoms with Gasteiger partial charge in [0.05, 0.1) is 11.7 Å². The first-order chi connectivity index (χ1) is 10.6. The zero-order chi connectivity index (χ0) is 15.5. The number of benzene rings is 1. The van der Waals surface area contributed by atoms with E-state index in [1.54, 1.807) is 0 Å². The first-order valence-electron chi connectivity index (χ1n) is 7.68. The Labute approximate surface area is 142 Å². The number of hydrogen-bond donors (Lipinski definition) is 1. The number of aryl methyl sites for hydroxylation is 1. The van der Waals surface area contributed by atoms with Crippen LogP contribution in [0, 0.1) is 6.92 Å². The van der Waals surface area contributed by atoms with Crippen LogP contribution < -0.4 is 5.73 Å².